The summed E-state index contributed by atoms with van der Waals surface area (Å²) in [6.45, 7) is -2.88. The number of halogens is 2. The molecule has 1 aromatic carbocycles. The highest BCUT2D eigenvalue weighted by Gasteiger charge is 2.46. The van der Waals surface area contributed by atoms with Crippen LogP contribution in [-0.4, -0.2) is 26.4 Å². The Labute approximate surface area is 124 Å². The van der Waals surface area contributed by atoms with Gasteiger partial charge in [0, 0.05) is 21.3 Å². The molecule has 3 nitrogen and oxygen atoms in total. The molecule has 2 aliphatic heterocycles. The van der Waals surface area contributed by atoms with Gasteiger partial charge in [-0.05, 0) is 43.4 Å². The maximum Gasteiger partial charge on any atom is 0.387 e. The molecule has 0 spiro atoms. The number of benzene rings is 1. The summed E-state index contributed by atoms with van der Waals surface area (Å²) in [6.07, 6.45) is 3.62. The van der Waals surface area contributed by atoms with E-state index in [9.17, 15) is 18.1 Å². The Balaban J connectivity index is 1.87. The number of alkyl halides is 2. The van der Waals surface area contributed by atoms with Crippen molar-refractivity contribution in [1.29, 1.82) is 0 Å². The molecule has 2 saturated heterocycles. The molecule has 0 aromatic heterocycles. The van der Waals surface area contributed by atoms with Gasteiger partial charge in [-0.3, -0.25) is 4.21 Å². The lowest BCUT2D eigenvalue weighted by atomic mass is 9.80. The second-order valence-corrected chi connectivity index (χ2v) is 7.84. The Morgan fingerprint density at radius 2 is 1.95 bits per heavy atom. The number of rotatable bonds is 3. The minimum Gasteiger partial charge on any atom is -0.435 e. The quantitative estimate of drug-likeness (QED) is 0.932. The van der Waals surface area contributed by atoms with Crippen LogP contribution in [-0.2, 0) is 16.4 Å². The van der Waals surface area contributed by atoms with Crippen LogP contribution >= 0.6 is 0 Å². The van der Waals surface area contributed by atoms with E-state index in [2.05, 4.69) is 4.74 Å². The Bertz CT molecular complexity index is 533. The van der Waals surface area contributed by atoms with Crippen LogP contribution < -0.4 is 4.74 Å². The lowest BCUT2D eigenvalue weighted by Gasteiger charge is -2.43. The molecule has 1 N–H and O–H groups in total. The van der Waals surface area contributed by atoms with Crippen LogP contribution in [0.2, 0.25) is 0 Å². The van der Waals surface area contributed by atoms with Crippen LogP contribution in [0.5, 0.6) is 5.75 Å². The van der Waals surface area contributed by atoms with Crippen molar-refractivity contribution < 1.29 is 22.8 Å². The predicted molar refractivity (Wildman–Crippen MR) is 75.8 cm³/mol. The molecule has 6 heteroatoms. The van der Waals surface area contributed by atoms with Crippen molar-refractivity contribution in [3.63, 3.8) is 0 Å². The summed E-state index contributed by atoms with van der Waals surface area (Å²) in [5, 5.41) is 11.0. The van der Waals surface area contributed by atoms with Crippen LogP contribution in [0, 0.1) is 0 Å². The molecule has 116 valence electrons. The van der Waals surface area contributed by atoms with Crippen molar-refractivity contribution in [1.82, 2.24) is 0 Å². The van der Waals surface area contributed by atoms with Gasteiger partial charge in [0.05, 0.1) is 5.60 Å². The number of hydrogen-bond acceptors (Lipinski definition) is 3. The number of hydrogen-bond donors (Lipinski definition) is 1. The first-order valence-corrected chi connectivity index (χ1v) is 8.43. The van der Waals surface area contributed by atoms with Gasteiger partial charge in [0.15, 0.2) is 0 Å². The van der Waals surface area contributed by atoms with Crippen LogP contribution in [0.4, 0.5) is 8.78 Å². The second kappa shape index (κ2) is 5.65. The van der Waals surface area contributed by atoms with E-state index in [1.807, 2.05) is 0 Å². The molecule has 0 aliphatic carbocycles. The highest BCUT2D eigenvalue weighted by molar-refractivity contribution is 7.86. The Hall–Kier alpha value is -1.01. The monoisotopic (exact) mass is 316 g/mol. The maximum absolute atomic E-state index is 12.3. The summed E-state index contributed by atoms with van der Waals surface area (Å²) in [5.41, 5.74) is -0.514. The molecular formula is C15H18F2O3S. The lowest BCUT2D eigenvalue weighted by Crippen LogP contribution is -2.47. The number of fused-ring (bicyclic) bond motifs is 2. The zero-order chi connectivity index (χ0) is 15.0. The predicted octanol–water partition coefficient (Wildman–Crippen LogP) is 2.94. The zero-order valence-corrected chi connectivity index (χ0v) is 12.3. The van der Waals surface area contributed by atoms with E-state index in [1.54, 1.807) is 12.1 Å². The highest BCUT2D eigenvalue weighted by atomic mass is 32.2. The molecule has 3 rings (SSSR count). The molecule has 2 fully saturated rings. The van der Waals surface area contributed by atoms with Gasteiger partial charge >= 0.3 is 6.61 Å². The van der Waals surface area contributed by atoms with Gasteiger partial charge in [0.1, 0.15) is 5.75 Å². The lowest BCUT2D eigenvalue weighted by molar-refractivity contribution is -0.0505. The molecule has 21 heavy (non-hydrogen) atoms. The van der Waals surface area contributed by atoms with Crippen LogP contribution in [0.3, 0.4) is 0 Å². The van der Waals surface area contributed by atoms with Gasteiger partial charge in [-0.2, -0.15) is 8.78 Å². The number of ether oxygens (including phenoxy) is 1. The minimum absolute atomic E-state index is 0.00201. The van der Waals surface area contributed by atoms with E-state index in [0.717, 1.165) is 19.3 Å². The van der Waals surface area contributed by atoms with Crippen molar-refractivity contribution in [3.8, 4) is 5.75 Å². The molecule has 2 bridgehead atoms. The standard InChI is InChI=1S/C15H18F2O3S/c16-14(17)20-11-4-1-3-10(7-11)15(18)8-12-5-2-6-13(9-15)21(12)19/h1,3-4,7,12-14,18H,2,5-6,8-9H2. The first-order chi connectivity index (χ1) is 9.98. The van der Waals surface area contributed by atoms with Gasteiger partial charge in [-0.25, -0.2) is 0 Å². The average Bonchev–Trinajstić information content (AvgIpc) is 2.40. The van der Waals surface area contributed by atoms with Gasteiger partial charge in [-0.1, -0.05) is 18.6 Å². The molecule has 0 radical (unpaired) electrons. The van der Waals surface area contributed by atoms with Crippen molar-refractivity contribution in [3.05, 3.63) is 29.8 Å². The van der Waals surface area contributed by atoms with Gasteiger partial charge in [0.2, 0.25) is 0 Å². The average molecular weight is 316 g/mol. The summed E-state index contributed by atoms with van der Waals surface area (Å²) in [4.78, 5) is 0. The van der Waals surface area contributed by atoms with Gasteiger partial charge < -0.3 is 9.84 Å². The number of aliphatic hydroxyl groups is 1. The molecule has 2 atom stereocenters. The molecular weight excluding hydrogens is 298 g/mol. The smallest absolute Gasteiger partial charge is 0.387 e. The Morgan fingerprint density at radius 1 is 1.29 bits per heavy atom. The van der Waals surface area contributed by atoms with E-state index in [0.29, 0.717) is 18.4 Å². The van der Waals surface area contributed by atoms with E-state index >= 15 is 0 Å². The third kappa shape index (κ3) is 2.97. The van der Waals surface area contributed by atoms with Gasteiger partial charge in [-0.15, -0.1) is 0 Å². The molecule has 2 aliphatic rings. The van der Waals surface area contributed by atoms with Crippen LogP contribution in [0.15, 0.2) is 24.3 Å². The first-order valence-electron chi connectivity index (χ1n) is 7.15. The summed E-state index contributed by atoms with van der Waals surface area (Å²) in [6, 6.07) is 6.24. The fourth-order valence-electron chi connectivity index (χ4n) is 3.48. The van der Waals surface area contributed by atoms with Crippen LogP contribution in [0.25, 0.3) is 0 Å². The topological polar surface area (TPSA) is 46.5 Å². The van der Waals surface area contributed by atoms with Crippen molar-refractivity contribution in [2.75, 3.05) is 0 Å². The molecule has 0 saturated carbocycles. The fourth-order valence-corrected chi connectivity index (χ4v) is 5.70. The normalized spacial score (nSPS) is 35.7. The van der Waals surface area contributed by atoms with Crippen LogP contribution in [0.1, 0.15) is 37.7 Å². The minimum atomic E-state index is -2.88. The zero-order valence-electron chi connectivity index (χ0n) is 11.5. The van der Waals surface area contributed by atoms with Gasteiger partial charge in [0.25, 0.3) is 0 Å². The van der Waals surface area contributed by atoms with E-state index in [4.69, 9.17) is 0 Å². The molecule has 1 aromatic rings. The van der Waals surface area contributed by atoms with E-state index in [-0.39, 0.29) is 16.2 Å². The van der Waals surface area contributed by atoms with Crippen molar-refractivity contribution >= 4 is 10.8 Å². The van der Waals surface area contributed by atoms with E-state index in [1.165, 1.54) is 12.1 Å². The highest BCUT2D eigenvalue weighted by Crippen LogP contribution is 2.44. The molecule has 2 unspecified atom stereocenters. The Kier molecular flexibility index (Phi) is 4.01. The largest absolute Gasteiger partial charge is 0.435 e. The summed E-state index contributed by atoms with van der Waals surface area (Å²) < 4.78 is 41.2. The molecule has 2 heterocycles. The summed E-state index contributed by atoms with van der Waals surface area (Å²) >= 11 is 0. The van der Waals surface area contributed by atoms with Crippen molar-refractivity contribution in [2.24, 2.45) is 0 Å². The second-order valence-electron chi connectivity index (χ2n) is 5.85. The third-order valence-corrected chi connectivity index (χ3v) is 6.56. The first kappa shape index (κ1) is 14.9. The van der Waals surface area contributed by atoms with Crippen molar-refractivity contribution in [2.45, 2.75) is 54.8 Å². The fraction of sp³-hybridized carbons (Fsp3) is 0.600. The SMILES string of the molecule is O=S1C2CCCC1CC(O)(c1cccc(OC(F)F)c1)C2. The Morgan fingerprint density at radius 3 is 2.57 bits per heavy atom. The summed E-state index contributed by atoms with van der Waals surface area (Å²) in [7, 11) is -0.882. The summed E-state index contributed by atoms with van der Waals surface area (Å²) in [5.74, 6) is 0.0489. The molecule has 0 amide bonds. The maximum atomic E-state index is 12.3. The third-order valence-electron chi connectivity index (χ3n) is 4.44. The van der Waals surface area contributed by atoms with E-state index < -0.39 is 23.0 Å².